The normalized spacial score (nSPS) is 14.2. The Balaban J connectivity index is 2.62. The van der Waals surface area contributed by atoms with Crippen molar-refractivity contribution in [3.8, 4) is 0 Å². The molecule has 0 radical (unpaired) electrons. The molecule has 42 heavy (non-hydrogen) atoms. The molecule has 0 amide bonds. The topological polar surface area (TPSA) is 9.23 Å². The molecule has 0 aliphatic carbocycles. The predicted molar refractivity (Wildman–Crippen MR) is 194 cm³/mol. The standard InChI is InChI=1S/C27H35OSi.3C4H9.Sn/c1-7-9-17-23(3)22-24(16-8-2)28-29(27(4,5)6,25-18-12-10-13-19-25)26-20-14-11-15-21-26;3*1-3-4-2;/h2,7-15,18-22,24H,16-17H2,1,3-6H3;3*1,3-4H2,2H3;/b8-2?,9-7+,23-22+;;;;/t24-;;;;/m1..../s1. The van der Waals surface area contributed by atoms with Crippen molar-refractivity contribution >= 4 is 37.1 Å². The molecule has 0 fully saturated rings. The first kappa shape index (κ1) is 36.8. The number of rotatable bonds is 19. The van der Waals surface area contributed by atoms with E-state index in [1.165, 1.54) is 67.8 Å². The molecule has 0 aromatic heterocycles. The van der Waals surface area contributed by atoms with Crippen LogP contribution in [0.1, 0.15) is 107 Å². The quantitative estimate of drug-likeness (QED) is 0.105. The fourth-order valence-corrected chi connectivity index (χ4v) is 25.5. The molecular formula is C39H62OSiSn. The maximum atomic E-state index is 7.69. The number of allylic oxidation sites excluding steroid dienone is 3. The van der Waals surface area contributed by atoms with Crippen molar-refractivity contribution in [2.75, 3.05) is 0 Å². The van der Waals surface area contributed by atoms with E-state index in [0.717, 1.165) is 12.8 Å². The minimum absolute atomic E-state index is 0.0326. The zero-order chi connectivity index (χ0) is 30.9. The zero-order valence-electron chi connectivity index (χ0n) is 28.4. The van der Waals surface area contributed by atoms with Crippen LogP contribution >= 0.6 is 0 Å². The minimum atomic E-state index is -2.65. The van der Waals surface area contributed by atoms with Gasteiger partial charge in [-0.3, -0.25) is 0 Å². The fraction of sp³-hybridized carbons (Fsp3) is 0.538. The number of unbranched alkanes of at least 4 members (excludes halogenated alkanes) is 3. The molecule has 0 heterocycles. The Bertz CT molecular complexity index is 1020. The summed E-state index contributed by atoms with van der Waals surface area (Å²) in [5.74, 6) is 0. The molecule has 0 bridgehead atoms. The molecule has 2 aromatic carbocycles. The van der Waals surface area contributed by atoms with Crippen LogP contribution in [0.3, 0.4) is 0 Å². The Morgan fingerprint density at radius 3 is 1.67 bits per heavy atom. The third-order valence-electron chi connectivity index (χ3n) is 8.82. The Hall–Kier alpha value is -1.36. The molecule has 1 atom stereocenters. The van der Waals surface area contributed by atoms with E-state index in [-0.39, 0.29) is 11.1 Å². The maximum absolute atomic E-state index is 7.69. The summed E-state index contributed by atoms with van der Waals surface area (Å²) < 4.78 is 15.1. The van der Waals surface area contributed by atoms with Gasteiger partial charge in [-0.05, 0) is 0 Å². The fourth-order valence-electron chi connectivity index (χ4n) is 6.42. The molecule has 0 spiro atoms. The van der Waals surface area contributed by atoms with Crippen LogP contribution in [0.5, 0.6) is 0 Å². The summed E-state index contributed by atoms with van der Waals surface area (Å²) in [5, 5.41) is 2.69. The van der Waals surface area contributed by atoms with E-state index in [9.17, 15) is 0 Å². The van der Waals surface area contributed by atoms with Crippen molar-refractivity contribution in [1.29, 1.82) is 0 Å². The van der Waals surface area contributed by atoms with E-state index in [2.05, 4.69) is 144 Å². The molecular weight excluding hydrogens is 631 g/mol. The van der Waals surface area contributed by atoms with Gasteiger partial charge in [0, 0.05) is 0 Å². The van der Waals surface area contributed by atoms with Gasteiger partial charge in [-0.1, -0.05) is 0 Å². The van der Waals surface area contributed by atoms with E-state index < -0.39 is 26.7 Å². The van der Waals surface area contributed by atoms with Gasteiger partial charge in [0.15, 0.2) is 0 Å². The Morgan fingerprint density at radius 1 is 0.786 bits per heavy atom. The van der Waals surface area contributed by atoms with Gasteiger partial charge in [0.1, 0.15) is 0 Å². The molecule has 0 unspecified atom stereocenters. The third kappa shape index (κ3) is 11.0. The summed E-state index contributed by atoms with van der Waals surface area (Å²) in [7, 11) is -2.65. The van der Waals surface area contributed by atoms with Crippen LogP contribution in [0.15, 0.2) is 94.6 Å². The Kier molecular flexibility index (Phi) is 16.8. The molecule has 1 nitrogen and oxygen atoms in total. The van der Waals surface area contributed by atoms with E-state index in [4.69, 9.17) is 4.43 Å². The average Bonchev–Trinajstić information content (AvgIpc) is 2.99. The molecule has 2 aromatic rings. The van der Waals surface area contributed by atoms with Gasteiger partial charge < -0.3 is 0 Å². The summed E-state index contributed by atoms with van der Waals surface area (Å²) >= 11 is -2.38. The molecule has 0 N–H and O–H groups in total. The SMILES string of the molecule is C/C=C/C/C(C)=C/[C@@H](C/C=[CH]/[Sn]([CH2]CCC)([CH2]CCC)[CH2]CCC)O[Si](c1ccccc1)(c1ccccc1)C(C)(C)C. The van der Waals surface area contributed by atoms with Crippen LogP contribution in [0.2, 0.25) is 18.3 Å². The van der Waals surface area contributed by atoms with Crippen molar-refractivity contribution in [1.82, 2.24) is 0 Å². The molecule has 0 saturated carbocycles. The summed E-state index contributed by atoms with van der Waals surface area (Å²) in [5.41, 5.74) is 1.39. The second kappa shape index (κ2) is 19.1. The van der Waals surface area contributed by atoms with E-state index in [0.29, 0.717) is 0 Å². The Labute approximate surface area is 266 Å². The summed E-state index contributed by atoms with van der Waals surface area (Å²) in [6.07, 6.45) is 19.6. The molecule has 232 valence electrons. The van der Waals surface area contributed by atoms with Crippen molar-refractivity contribution in [3.05, 3.63) is 94.6 Å². The summed E-state index contributed by atoms with van der Waals surface area (Å²) in [6, 6.07) is 22.3. The number of hydrogen-bond acceptors (Lipinski definition) is 1. The van der Waals surface area contributed by atoms with Crippen LogP contribution in [0.4, 0.5) is 0 Å². The third-order valence-corrected chi connectivity index (χ3v) is 28.1. The molecule has 0 saturated heterocycles. The zero-order valence-corrected chi connectivity index (χ0v) is 32.3. The van der Waals surface area contributed by atoms with Crippen molar-refractivity contribution in [2.24, 2.45) is 0 Å². The molecule has 2 rings (SSSR count). The van der Waals surface area contributed by atoms with Gasteiger partial charge in [0.05, 0.1) is 0 Å². The van der Waals surface area contributed by atoms with E-state index in [1.807, 2.05) is 0 Å². The van der Waals surface area contributed by atoms with Crippen molar-refractivity contribution < 1.29 is 4.43 Å². The van der Waals surface area contributed by atoms with Gasteiger partial charge in [0.25, 0.3) is 0 Å². The van der Waals surface area contributed by atoms with Gasteiger partial charge in [-0.2, -0.15) is 0 Å². The van der Waals surface area contributed by atoms with Gasteiger partial charge in [0.2, 0.25) is 0 Å². The number of benzene rings is 2. The summed E-state index contributed by atoms with van der Waals surface area (Å²) in [6.45, 7) is 18.7. The van der Waals surface area contributed by atoms with E-state index in [1.54, 1.807) is 0 Å². The van der Waals surface area contributed by atoms with E-state index >= 15 is 0 Å². The number of hydrogen-bond donors (Lipinski definition) is 0. The van der Waals surface area contributed by atoms with Crippen molar-refractivity contribution in [2.45, 2.75) is 131 Å². The summed E-state index contributed by atoms with van der Waals surface area (Å²) in [4.78, 5) is 0. The molecule has 3 heteroatoms. The predicted octanol–water partition coefficient (Wildman–Crippen LogP) is 11.2. The molecule has 0 aliphatic rings. The van der Waals surface area contributed by atoms with Crippen LogP contribution < -0.4 is 10.4 Å². The van der Waals surface area contributed by atoms with Gasteiger partial charge >= 0.3 is 267 Å². The Morgan fingerprint density at radius 2 is 1.26 bits per heavy atom. The second-order valence-corrected chi connectivity index (χ2v) is 30.7. The average molecular weight is 694 g/mol. The van der Waals surface area contributed by atoms with Gasteiger partial charge in [-0.25, -0.2) is 0 Å². The monoisotopic (exact) mass is 694 g/mol. The van der Waals surface area contributed by atoms with Gasteiger partial charge in [-0.15, -0.1) is 0 Å². The first-order valence-corrected chi connectivity index (χ1v) is 26.5. The first-order chi connectivity index (χ1) is 20.2. The van der Waals surface area contributed by atoms with Crippen LogP contribution in [0.25, 0.3) is 0 Å². The van der Waals surface area contributed by atoms with Crippen LogP contribution in [0, 0.1) is 0 Å². The first-order valence-electron chi connectivity index (χ1n) is 16.9. The second-order valence-electron chi connectivity index (χ2n) is 13.4. The van der Waals surface area contributed by atoms with Crippen LogP contribution in [-0.2, 0) is 4.43 Å². The van der Waals surface area contributed by atoms with Crippen molar-refractivity contribution in [3.63, 3.8) is 0 Å². The van der Waals surface area contributed by atoms with Crippen LogP contribution in [-0.4, -0.2) is 32.8 Å². The molecule has 0 aliphatic heterocycles.